The van der Waals surface area contributed by atoms with E-state index in [0.717, 1.165) is 18.1 Å². The number of carbonyl (C=O) groups is 2. The molecule has 0 fully saturated rings. The number of carboxylic acid groups (broad SMARTS) is 1. The molecule has 0 heterocycles. The van der Waals surface area contributed by atoms with E-state index in [4.69, 9.17) is 19.4 Å². The van der Waals surface area contributed by atoms with Gasteiger partial charge in [0, 0.05) is 46.7 Å². The smallest absolute Gasteiger partial charge is 0.300 e. The summed E-state index contributed by atoms with van der Waals surface area (Å²) in [5.74, 6) is -0.585. The van der Waals surface area contributed by atoms with Gasteiger partial charge in [0.2, 0.25) is 0 Å². The largest absolute Gasteiger partial charge is 0.508 e. The maximum atomic E-state index is 12.8. The molecule has 4 aromatic carbocycles. The molecule has 10 heteroatoms. The van der Waals surface area contributed by atoms with Crippen LogP contribution in [0.1, 0.15) is 34.0 Å². The number of rotatable bonds is 9. The van der Waals surface area contributed by atoms with Crippen molar-refractivity contribution < 1.29 is 50.9 Å². The van der Waals surface area contributed by atoms with E-state index >= 15 is 0 Å². The standard InChI is InChI=1S/C28H24N2O5.C2H4O2.Ni/c31-24-12-11-22(27(32)15-24)17-29-30-28(33)23-13-25(34-18-20-7-3-1-4-8-20)16-26(14-23)35-19-21-9-5-2-6-10-21;1-2(3)4;/h1-17,31-32H,18-19H2,(H,30,33);1H3,(H,3,4);/b29-17+;;. The first-order valence-electron chi connectivity index (χ1n) is 11.8. The monoisotopic (exact) mass is 586 g/mol. The molecule has 0 atom stereocenters. The zero-order chi connectivity index (χ0) is 28.0. The van der Waals surface area contributed by atoms with Gasteiger partial charge < -0.3 is 24.8 Å². The van der Waals surface area contributed by atoms with Gasteiger partial charge in [0.25, 0.3) is 11.9 Å². The third-order valence-electron chi connectivity index (χ3n) is 5.02. The molecule has 4 rings (SSSR count). The van der Waals surface area contributed by atoms with E-state index in [2.05, 4.69) is 10.5 Å². The molecule has 0 aromatic heterocycles. The number of amides is 1. The van der Waals surface area contributed by atoms with E-state index in [0.29, 0.717) is 35.8 Å². The van der Waals surface area contributed by atoms with Crippen LogP contribution in [0.25, 0.3) is 0 Å². The van der Waals surface area contributed by atoms with Gasteiger partial charge in [0.1, 0.15) is 36.2 Å². The van der Waals surface area contributed by atoms with Crippen LogP contribution in [0.3, 0.4) is 0 Å². The number of benzene rings is 4. The van der Waals surface area contributed by atoms with Gasteiger partial charge in [-0.05, 0) is 35.4 Å². The van der Waals surface area contributed by atoms with Crippen LogP contribution in [0.4, 0.5) is 0 Å². The molecule has 0 saturated heterocycles. The van der Waals surface area contributed by atoms with Crippen molar-refractivity contribution in [3.63, 3.8) is 0 Å². The molecule has 0 unspecified atom stereocenters. The number of ether oxygens (including phenoxy) is 2. The Labute approximate surface area is 241 Å². The Bertz CT molecular complexity index is 1350. The van der Waals surface area contributed by atoms with E-state index in [1.165, 1.54) is 24.4 Å². The molecule has 0 radical (unpaired) electrons. The molecule has 0 spiro atoms. The van der Waals surface area contributed by atoms with Crippen LogP contribution in [0.5, 0.6) is 23.0 Å². The van der Waals surface area contributed by atoms with Crippen molar-refractivity contribution in [1.29, 1.82) is 0 Å². The number of hydrogen-bond acceptors (Lipinski definition) is 7. The molecule has 1 amide bonds. The van der Waals surface area contributed by atoms with Gasteiger partial charge in [0.15, 0.2) is 0 Å². The molecule has 0 aliphatic heterocycles. The number of nitrogens with zero attached hydrogens (tertiary/aromatic N) is 1. The molecule has 4 N–H and O–H groups in total. The van der Waals surface area contributed by atoms with Gasteiger partial charge >= 0.3 is 0 Å². The van der Waals surface area contributed by atoms with Crippen LogP contribution in [-0.4, -0.2) is 33.4 Å². The van der Waals surface area contributed by atoms with Crippen molar-refractivity contribution in [1.82, 2.24) is 5.43 Å². The van der Waals surface area contributed by atoms with Gasteiger partial charge in [-0.3, -0.25) is 9.59 Å². The van der Waals surface area contributed by atoms with Crippen LogP contribution in [0.15, 0.2) is 102 Å². The van der Waals surface area contributed by atoms with E-state index in [9.17, 15) is 15.0 Å². The summed E-state index contributed by atoms with van der Waals surface area (Å²) in [6, 6.07) is 28.5. The quantitative estimate of drug-likeness (QED) is 0.121. The fourth-order valence-electron chi connectivity index (χ4n) is 3.22. The Balaban J connectivity index is 0.00000105. The van der Waals surface area contributed by atoms with Gasteiger partial charge in [-0.15, -0.1) is 0 Å². The zero-order valence-electron chi connectivity index (χ0n) is 21.5. The Hall–Kier alpha value is -4.82. The number of carbonyl (C=O) groups excluding carboxylic acids is 1. The molecule has 210 valence electrons. The second-order valence-electron chi connectivity index (χ2n) is 8.20. The molecule has 0 saturated carbocycles. The minimum absolute atomic E-state index is 0. The second kappa shape index (κ2) is 16.2. The van der Waals surface area contributed by atoms with Crippen LogP contribution < -0.4 is 14.9 Å². The number of phenolic OH excluding ortho intramolecular Hbond substituents is 2. The number of aliphatic carboxylic acids is 1. The first kappa shape index (κ1) is 31.4. The summed E-state index contributed by atoms with van der Waals surface area (Å²) in [6.45, 7) is 1.75. The number of hydrogen-bond donors (Lipinski definition) is 4. The third kappa shape index (κ3) is 10.9. The predicted molar refractivity (Wildman–Crippen MR) is 146 cm³/mol. The van der Waals surface area contributed by atoms with E-state index < -0.39 is 11.9 Å². The summed E-state index contributed by atoms with van der Waals surface area (Å²) < 4.78 is 11.8. The number of carboxylic acids is 1. The van der Waals surface area contributed by atoms with Gasteiger partial charge in [-0.2, -0.15) is 5.10 Å². The molecule has 0 aliphatic carbocycles. The van der Waals surface area contributed by atoms with Crippen molar-refractivity contribution in [2.45, 2.75) is 20.1 Å². The van der Waals surface area contributed by atoms with Crippen molar-refractivity contribution >= 4 is 18.1 Å². The summed E-state index contributed by atoms with van der Waals surface area (Å²) >= 11 is 0. The van der Waals surface area contributed by atoms with Crippen molar-refractivity contribution in [2.24, 2.45) is 5.10 Å². The summed E-state index contributed by atoms with van der Waals surface area (Å²) in [5.41, 5.74) is 5.06. The molecule has 9 nitrogen and oxygen atoms in total. The minimum Gasteiger partial charge on any atom is -0.508 e. The summed E-state index contributed by atoms with van der Waals surface area (Å²) in [5, 5.41) is 30.6. The topological polar surface area (TPSA) is 138 Å². The van der Waals surface area contributed by atoms with Crippen molar-refractivity contribution in [3.05, 3.63) is 119 Å². The second-order valence-corrected chi connectivity index (χ2v) is 8.20. The van der Waals surface area contributed by atoms with E-state index in [1.807, 2.05) is 60.7 Å². The normalized spacial score (nSPS) is 10.0. The zero-order valence-corrected chi connectivity index (χ0v) is 22.5. The molecular weight excluding hydrogens is 559 g/mol. The number of aromatic hydroxyl groups is 2. The Kier molecular flexibility index (Phi) is 12.7. The minimum atomic E-state index is -0.833. The van der Waals surface area contributed by atoms with Crippen molar-refractivity contribution in [3.8, 4) is 23.0 Å². The van der Waals surface area contributed by atoms with Crippen LogP contribution in [0, 0.1) is 0 Å². The van der Waals surface area contributed by atoms with Gasteiger partial charge in [0.05, 0.1) is 6.21 Å². The molecule has 0 aliphatic rings. The summed E-state index contributed by atoms with van der Waals surface area (Å²) in [4.78, 5) is 21.8. The van der Waals surface area contributed by atoms with E-state index in [1.54, 1.807) is 18.2 Å². The summed E-state index contributed by atoms with van der Waals surface area (Å²) in [6.07, 6.45) is 1.29. The first-order chi connectivity index (χ1) is 18.8. The molecule has 40 heavy (non-hydrogen) atoms. The SMILES string of the molecule is CC(=O)O.O=C(N/N=C/c1ccc(O)cc1O)c1cc(OCc2ccccc2)cc(OCc2ccccc2)c1.[Ni]. The molecule has 4 aromatic rings. The van der Waals surface area contributed by atoms with Crippen LogP contribution in [0.2, 0.25) is 0 Å². The third-order valence-corrected chi connectivity index (χ3v) is 5.02. The number of hydrazone groups is 1. The Morgan fingerprint density at radius 1 is 0.800 bits per heavy atom. The first-order valence-corrected chi connectivity index (χ1v) is 11.8. The van der Waals surface area contributed by atoms with E-state index in [-0.39, 0.29) is 28.0 Å². The van der Waals surface area contributed by atoms with Gasteiger partial charge in [-0.1, -0.05) is 60.7 Å². The Morgan fingerprint density at radius 2 is 1.30 bits per heavy atom. The Morgan fingerprint density at radius 3 is 1.77 bits per heavy atom. The maximum absolute atomic E-state index is 12.8. The number of phenols is 2. The molecule has 0 bridgehead atoms. The van der Waals surface area contributed by atoms with Crippen molar-refractivity contribution in [2.75, 3.05) is 0 Å². The van der Waals surface area contributed by atoms with Crippen LogP contribution >= 0.6 is 0 Å². The maximum Gasteiger partial charge on any atom is 0.300 e. The fourth-order valence-corrected chi connectivity index (χ4v) is 3.22. The van der Waals surface area contributed by atoms with Crippen LogP contribution in [-0.2, 0) is 34.5 Å². The molecular formula is C30H28N2NiO7. The fraction of sp³-hybridized carbons (Fsp3) is 0.100. The number of nitrogens with one attached hydrogen (secondary N) is 1. The van der Waals surface area contributed by atoms with Gasteiger partial charge in [-0.25, -0.2) is 5.43 Å². The summed E-state index contributed by atoms with van der Waals surface area (Å²) in [7, 11) is 0. The average Bonchev–Trinajstić information content (AvgIpc) is 2.92. The average molecular weight is 587 g/mol. The predicted octanol–water partition coefficient (Wildman–Crippen LogP) is 5.11.